The molecule has 0 atom stereocenters. The predicted molar refractivity (Wildman–Crippen MR) is 123 cm³/mol. The third-order valence-corrected chi connectivity index (χ3v) is 4.74. The largest absolute Gasteiger partial charge is 0.494 e. The highest BCUT2D eigenvalue weighted by Gasteiger charge is 2.11. The molecule has 2 aromatic carbocycles. The number of aryl methyl sites for hydroxylation is 1. The van der Waals surface area contributed by atoms with Crippen LogP contribution in [0.3, 0.4) is 0 Å². The van der Waals surface area contributed by atoms with E-state index in [-0.39, 0.29) is 16.9 Å². The summed E-state index contributed by atoms with van der Waals surface area (Å²) in [5, 5.41) is 2.54. The summed E-state index contributed by atoms with van der Waals surface area (Å²) in [5.74, 6) is 0.0258. The van der Waals surface area contributed by atoms with Crippen molar-refractivity contribution in [2.75, 3.05) is 6.61 Å². The number of thiocarbonyl (C=S) groups is 1. The molecule has 0 saturated carbocycles. The SMILES string of the molecule is CCCCCCCOc1ccc(C(=O)NC(=S)NNC(=O)c2ccccc2C)cc1. The van der Waals surface area contributed by atoms with Crippen LogP contribution in [0.25, 0.3) is 0 Å². The minimum Gasteiger partial charge on any atom is -0.494 e. The Kier molecular flexibility index (Phi) is 9.80. The number of ether oxygens (including phenoxy) is 1. The van der Waals surface area contributed by atoms with Gasteiger partial charge in [0.25, 0.3) is 11.8 Å². The summed E-state index contributed by atoms with van der Waals surface area (Å²) in [5.41, 5.74) is 6.84. The Morgan fingerprint density at radius 3 is 2.30 bits per heavy atom. The first kappa shape index (κ1) is 23.3. The van der Waals surface area contributed by atoms with Gasteiger partial charge in [0.2, 0.25) is 0 Å². The number of benzene rings is 2. The zero-order chi connectivity index (χ0) is 21.8. The van der Waals surface area contributed by atoms with Gasteiger partial charge in [-0.25, -0.2) is 0 Å². The zero-order valence-corrected chi connectivity index (χ0v) is 18.3. The molecule has 7 heteroatoms. The van der Waals surface area contributed by atoms with Crippen LogP contribution < -0.4 is 20.9 Å². The van der Waals surface area contributed by atoms with E-state index in [0.29, 0.717) is 17.7 Å². The molecule has 0 heterocycles. The monoisotopic (exact) mass is 427 g/mol. The quantitative estimate of drug-likeness (QED) is 0.316. The van der Waals surface area contributed by atoms with Crippen molar-refractivity contribution in [3.63, 3.8) is 0 Å². The molecule has 3 N–H and O–H groups in total. The average molecular weight is 428 g/mol. The van der Waals surface area contributed by atoms with Crippen LogP contribution in [0.1, 0.15) is 65.3 Å². The lowest BCUT2D eigenvalue weighted by molar-refractivity contribution is 0.0934. The number of unbranched alkanes of at least 4 members (excludes halogenated alkanes) is 4. The highest BCUT2D eigenvalue weighted by atomic mass is 32.1. The van der Waals surface area contributed by atoms with E-state index in [2.05, 4.69) is 23.1 Å². The van der Waals surface area contributed by atoms with Gasteiger partial charge in [-0.05, 0) is 61.5 Å². The van der Waals surface area contributed by atoms with Crippen LogP contribution in [0.5, 0.6) is 5.75 Å². The summed E-state index contributed by atoms with van der Waals surface area (Å²) in [6.07, 6.45) is 5.91. The second-order valence-corrected chi connectivity index (χ2v) is 7.37. The van der Waals surface area contributed by atoms with Gasteiger partial charge in [0, 0.05) is 11.1 Å². The van der Waals surface area contributed by atoms with Gasteiger partial charge >= 0.3 is 0 Å². The van der Waals surface area contributed by atoms with Crippen molar-refractivity contribution < 1.29 is 14.3 Å². The summed E-state index contributed by atoms with van der Waals surface area (Å²) in [4.78, 5) is 24.5. The highest BCUT2D eigenvalue weighted by molar-refractivity contribution is 7.80. The third kappa shape index (κ3) is 7.83. The van der Waals surface area contributed by atoms with Crippen molar-refractivity contribution in [2.45, 2.75) is 46.0 Å². The molecular formula is C23H29N3O3S. The van der Waals surface area contributed by atoms with E-state index in [1.54, 1.807) is 36.4 Å². The summed E-state index contributed by atoms with van der Waals surface area (Å²) >= 11 is 5.08. The maximum absolute atomic E-state index is 12.3. The fourth-order valence-corrected chi connectivity index (χ4v) is 2.96. The van der Waals surface area contributed by atoms with Crippen LogP contribution in [0.4, 0.5) is 0 Å². The molecule has 0 radical (unpaired) electrons. The van der Waals surface area contributed by atoms with E-state index in [1.807, 2.05) is 19.1 Å². The predicted octanol–water partition coefficient (Wildman–Crippen LogP) is 4.29. The maximum atomic E-state index is 12.3. The molecule has 0 fully saturated rings. The smallest absolute Gasteiger partial charge is 0.269 e. The van der Waals surface area contributed by atoms with E-state index in [1.165, 1.54) is 25.7 Å². The molecule has 0 saturated heterocycles. The lowest BCUT2D eigenvalue weighted by atomic mass is 10.1. The van der Waals surface area contributed by atoms with Gasteiger partial charge in [-0.3, -0.25) is 25.8 Å². The van der Waals surface area contributed by atoms with Crippen molar-refractivity contribution in [2.24, 2.45) is 0 Å². The van der Waals surface area contributed by atoms with Gasteiger partial charge in [0.05, 0.1) is 6.61 Å². The van der Waals surface area contributed by atoms with E-state index in [4.69, 9.17) is 17.0 Å². The van der Waals surface area contributed by atoms with Gasteiger partial charge in [-0.15, -0.1) is 0 Å². The van der Waals surface area contributed by atoms with Crippen molar-refractivity contribution in [1.82, 2.24) is 16.2 Å². The average Bonchev–Trinajstić information content (AvgIpc) is 2.75. The molecule has 6 nitrogen and oxygen atoms in total. The Bertz CT molecular complexity index is 853. The van der Waals surface area contributed by atoms with Crippen LogP contribution in [0, 0.1) is 6.92 Å². The first-order valence-electron chi connectivity index (χ1n) is 10.2. The molecular weight excluding hydrogens is 398 g/mol. The minimum atomic E-state index is -0.372. The van der Waals surface area contributed by atoms with Crippen molar-refractivity contribution in [3.05, 3.63) is 65.2 Å². The van der Waals surface area contributed by atoms with Crippen molar-refractivity contribution in [1.29, 1.82) is 0 Å². The molecule has 0 aliphatic rings. The number of hydrazine groups is 1. The number of rotatable bonds is 9. The molecule has 30 heavy (non-hydrogen) atoms. The molecule has 0 spiro atoms. The summed E-state index contributed by atoms with van der Waals surface area (Å²) in [6.45, 7) is 4.71. The molecule has 0 aliphatic carbocycles. The third-order valence-electron chi connectivity index (χ3n) is 4.54. The second-order valence-electron chi connectivity index (χ2n) is 6.96. The normalized spacial score (nSPS) is 10.2. The van der Waals surface area contributed by atoms with E-state index in [0.717, 1.165) is 17.7 Å². The fourth-order valence-electron chi connectivity index (χ4n) is 2.81. The zero-order valence-electron chi connectivity index (χ0n) is 17.5. The Balaban J connectivity index is 1.73. The first-order valence-corrected chi connectivity index (χ1v) is 10.6. The van der Waals surface area contributed by atoms with Gasteiger partial charge in [0.15, 0.2) is 5.11 Å². The maximum Gasteiger partial charge on any atom is 0.269 e. The number of nitrogens with one attached hydrogen (secondary N) is 3. The summed E-state index contributed by atoms with van der Waals surface area (Å²) in [6, 6.07) is 14.1. The van der Waals surface area contributed by atoms with Crippen LogP contribution in [0.2, 0.25) is 0 Å². The van der Waals surface area contributed by atoms with Crippen LogP contribution >= 0.6 is 12.2 Å². The summed E-state index contributed by atoms with van der Waals surface area (Å²) in [7, 11) is 0. The van der Waals surface area contributed by atoms with Crippen LogP contribution in [-0.2, 0) is 0 Å². The molecule has 160 valence electrons. The van der Waals surface area contributed by atoms with Gasteiger partial charge in [-0.1, -0.05) is 50.8 Å². The number of hydrogen-bond acceptors (Lipinski definition) is 4. The number of carbonyl (C=O) groups excluding carboxylic acids is 2. The van der Waals surface area contributed by atoms with Gasteiger partial charge in [-0.2, -0.15) is 0 Å². The summed E-state index contributed by atoms with van der Waals surface area (Å²) < 4.78 is 5.70. The molecule has 0 aromatic heterocycles. The lowest BCUT2D eigenvalue weighted by Gasteiger charge is -2.12. The van der Waals surface area contributed by atoms with E-state index < -0.39 is 0 Å². The van der Waals surface area contributed by atoms with Crippen molar-refractivity contribution >= 4 is 29.1 Å². The van der Waals surface area contributed by atoms with Gasteiger partial charge < -0.3 is 4.74 Å². The molecule has 0 bridgehead atoms. The Hall–Kier alpha value is -2.93. The Morgan fingerprint density at radius 1 is 0.900 bits per heavy atom. The van der Waals surface area contributed by atoms with E-state index in [9.17, 15) is 9.59 Å². The molecule has 0 aliphatic heterocycles. The molecule has 2 rings (SSSR count). The van der Waals surface area contributed by atoms with Gasteiger partial charge in [0.1, 0.15) is 5.75 Å². The number of hydrogen-bond donors (Lipinski definition) is 3. The number of carbonyl (C=O) groups is 2. The van der Waals surface area contributed by atoms with E-state index >= 15 is 0 Å². The standard InChI is InChI=1S/C23H29N3O3S/c1-3-4-5-6-9-16-29-19-14-12-18(13-15-19)21(27)24-23(30)26-25-22(28)20-11-8-7-10-17(20)2/h7-8,10-15H,3-6,9,16H2,1-2H3,(H,25,28)(H2,24,26,27,30). The number of amides is 2. The first-order chi connectivity index (χ1) is 14.5. The molecule has 0 unspecified atom stereocenters. The fraction of sp³-hybridized carbons (Fsp3) is 0.348. The topological polar surface area (TPSA) is 79.5 Å². The molecule has 2 aromatic rings. The van der Waals surface area contributed by atoms with Crippen molar-refractivity contribution in [3.8, 4) is 5.75 Å². The minimum absolute atomic E-state index is 0.00865. The van der Waals surface area contributed by atoms with Crippen LogP contribution in [0.15, 0.2) is 48.5 Å². The Morgan fingerprint density at radius 2 is 1.60 bits per heavy atom. The lowest BCUT2D eigenvalue weighted by Crippen LogP contribution is -2.48. The van der Waals surface area contributed by atoms with Crippen LogP contribution in [-0.4, -0.2) is 23.5 Å². The Labute approximate surface area is 183 Å². The second kappa shape index (κ2) is 12.6. The molecule has 2 amide bonds. The highest BCUT2D eigenvalue weighted by Crippen LogP contribution is 2.13.